The SMILES string of the molecule is C=CC(=O)NC1CCN(C2(c3ccc(C(F)(F)F)cc3)CC2)CC1. The van der Waals surface area contributed by atoms with E-state index in [2.05, 4.69) is 16.8 Å². The molecule has 0 aromatic heterocycles. The summed E-state index contributed by atoms with van der Waals surface area (Å²) in [4.78, 5) is 13.7. The highest BCUT2D eigenvalue weighted by molar-refractivity contribution is 5.87. The van der Waals surface area contributed by atoms with Gasteiger partial charge in [-0.05, 0) is 49.5 Å². The standard InChI is InChI=1S/C18H21F3N2O/c1-2-16(24)22-15-7-11-23(12-8-15)17(9-10-17)13-3-5-14(6-4-13)18(19,20)21/h2-6,15H,1,7-12H2,(H,22,24). The number of carbonyl (C=O) groups is 1. The lowest BCUT2D eigenvalue weighted by Crippen LogP contribution is -2.47. The van der Waals surface area contributed by atoms with Gasteiger partial charge in [-0.3, -0.25) is 9.69 Å². The van der Waals surface area contributed by atoms with Gasteiger partial charge in [0.25, 0.3) is 0 Å². The number of rotatable bonds is 4. The lowest BCUT2D eigenvalue weighted by atomic mass is 9.96. The first kappa shape index (κ1) is 17.0. The molecule has 3 rings (SSSR count). The summed E-state index contributed by atoms with van der Waals surface area (Å²) in [5.74, 6) is -0.155. The van der Waals surface area contributed by atoms with Gasteiger partial charge < -0.3 is 5.32 Å². The molecule has 0 unspecified atom stereocenters. The van der Waals surface area contributed by atoms with Crippen LogP contribution in [0.2, 0.25) is 0 Å². The van der Waals surface area contributed by atoms with E-state index < -0.39 is 11.7 Å². The van der Waals surface area contributed by atoms with Crippen molar-refractivity contribution in [2.45, 2.75) is 43.4 Å². The number of hydrogen-bond acceptors (Lipinski definition) is 2. The molecule has 1 saturated carbocycles. The maximum atomic E-state index is 12.7. The van der Waals surface area contributed by atoms with Gasteiger partial charge in [-0.15, -0.1) is 0 Å². The quantitative estimate of drug-likeness (QED) is 0.853. The molecule has 130 valence electrons. The Balaban J connectivity index is 1.65. The van der Waals surface area contributed by atoms with Crippen molar-refractivity contribution in [3.8, 4) is 0 Å². The molecule has 1 saturated heterocycles. The highest BCUT2D eigenvalue weighted by atomic mass is 19.4. The Kier molecular flexibility index (Phi) is 4.42. The second-order valence-electron chi connectivity index (χ2n) is 6.58. The van der Waals surface area contributed by atoms with Crippen molar-refractivity contribution in [3.05, 3.63) is 48.0 Å². The van der Waals surface area contributed by atoms with E-state index >= 15 is 0 Å². The van der Waals surface area contributed by atoms with Crippen LogP contribution in [0.25, 0.3) is 0 Å². The van der Waals surface area contributed by atoms with Gasteiger partial charge in [-0.2, -0.15) is 13.2 Å². The highest BCUT2D eigenvalue weighted by Crippen LogP contribution is 2.52. The average molecular weight is 338 g/mol. The van der Waals surface area contributed by atoms with Gasteiger partial charge in [0.2, 0.25) is 5.91 Å². The molecule has 1 amide bonds. The van der Waals surface area contributed by atoms with Gasteiger partial charge in [-0.1, -0.05) is 18.7 Å². The maximum absolute atomic E-state index is 12.7. The third kappa shape index (κ3) is 3.34. The Bertz CT molecular complexity index is 612. The van der Waals surface area contributed by atoms with E-state index in [-0.39, 0.29) is 17.5 Å². The number of piperidine rings is 1. The number of hydrogen-bond donors (Lipinski definition) is 1. The first-order chi connectivity index (χ1) is 11.3. The highest BCUT2D eigenvalue weighted by Gasteiger charge is 2.50. The van der Waals surface area contributed by atoms with Gasteiger partial charge in [0.05, 0.1) is 5.56 Å². The number of alkyl halides is 3. The number of carbonyl (C=O) groups excluding carboxylic acids is 1. The summed E-state index contributed by atoms with van der Waals surface area (Å²) in [6, 6.07) is 5.72. The molecule has 2 fully saturated rings. The van der Waals surface area contributed by atoms with Crippen LogP contribution in [0.15, 0.2) is 36.9 Å². The van der Waals surface area contributed by atoms with Crippen LogP contribution in [0.5, 0.6) is 0 Å². The molecule has 6 heteroatoms. The van der Waals surface area contributed by atoms with Gasteiger partial charge in [0.1, 0.15) is 0 Å². The summed E-state index contributed by atoms with van der Waals surface area (Å²) in [6.07, 6.45) is 0.627. The Morgan fingerprint density at radius 1 is 1.21 bits per heavy atom. The summed E-state index contributed by atoms with van der Waals surface area (Å²) < 4.78 is 38.1. The van der Waals surface area contributed by atoms with Crippen LogP contribution >= 0.6 is 0 Å². The smallest absolute Gasteiger partial charge is 0.350 e. The largest absolute Gasteiger partial charge is 0.416 e. The third-order valence-corrected chi connectivity index (χ3v) is 5.11. The second-order valence-corrected chi connectivity index (χ2v) is 6.58. The zero-order chi connectivity index (χ0) is 17.4. The lowest BCUT2D eigenvalue weighted by Gasteiger charge is -2.38. The van der Waals surface area contributed by atoms with Crippen LogP contribution in [-0.4, -0.2) is 29.9 Å². The molecular formula is C18H21F3N2O. The van der Waals surface area contributed by atoms with Crippen LogP contribution in [0.3, 0.4) is 0 Å². The molecule has 0 atom stereocenters. The van der Waals surface area contributed by atoms with E-state index in [0.29, 0.717) is 0 Å². The van der Waals surface area contributed by atoms with Crippen molar-refractivity contribution in [1.82, 2.24) is 10.2 Å². The molecule has 0 radical (unpaired) electrons. The number of amides is 1. The first-order valence-corrected chi connectivity index (χ1v) is 8.21. The van der Waals surface area contributed by atoms with Crippen LogP contribution in [0.4, 0.5) is 13.2 Å². The normalized spacial score (nSPS) is 21.3. The lowest BCUT2D eigenvalue weighted by molar-refractivity contribution is -0.137. The zero-order valence-corrected chi connectivity index (χ0v) is 13.4. The zero-order valence-electron chi connectivity index (χ0n) is 13.4. The van der Waals surface area contributed by atoms with Crippen molar-refractivity contribution >= 4 is 5.91 Å². The summed E-state index contributed by atoms with van der Waals surface area (Å²) in [5.41, 5.74) is 0.245. The second kappa shape index (κ2) is 6.24. The number of benzene rings is 1. The Morgan fingerprint density at radius 2 is 1.79 bits per heavy atom. The minimum Gasteiger partial charge on any atom is -0.350 e. The van der Waals surface area contributed by atoms with E-state index in [1.807, 2.05) is 0 Å². The molecular weight excluding hydrogens is 317 g/mol. The molecule has 0 spiro atoms. The Hall–Kier alpha value is -1.82. The molecule has 1 aliphatic heterocycles. The van der Waals surface area contributed by atoms with E-state index in [0.717, 1.165) is 44.3 Å². The van der Waals surface area contributed by atoms with Gasteiger partial charge in [0, 0.05) is 24.7 Å². The number of nitrogens with zero attached hydrogens (tertiary/aromatic N) is 1. The Labute approximate surface area is 139 Å². The van der Waals surface area contributed by atoms with Gasteiger partial charge in [0.15, 0.2) is 0 Å². The topological polar surface area (TPSA) is 32.3 Å². The Morgan fingerprint density at radius 3 is 2.25 bits per heavy atom. The minimum absolute atomic E-state index is 0.114. The van der Waals surface area contributed by atoms with Crippen molar-refractivity contribution in [1.29, 1.82) is 0 Å². The summed E-state index contributed by atoms with van der Waals surface area (Å²) in [5, 5.41) is 2.92. The number of likely N-dealkylation sites (tertiary alicyclic amines) is 1. The molecule has 1 aliphatic carbocycles. The average Bonchev–Trinajstić information content (AvgIpc) is 3.36. The molecule has 24 heavy (non-hydrogen) atoms. The molecule has 2 aliphatic rings. The molecule has 3 nitrogen and oxygen atoms in total. The van der Waals surface area contributed by atoms with Crippen LogP contribution in [-0.2, 0) is 16.5 Å². The van der Waals surface area contributed by atoms with E-state index in [4.69, 9.17) is 0 Å². The molecule has 1 aromatic carbocycles. The molecule has 1 aromatic rings. The summed E-state index contributed by atoms with van der Waals surface area (Å²) in [6.45, 7) is 5.12. The van der Waals surface area contributed by atoms with Gasteiger partial charge in [-0.25, -0.2) is 0 Å². The molecule has 1 heterocycles. The fourth-order valence-corrected chi connectivity index (χ4v) is 3.59. The fourth-order valence-electron chi connectivity index (χ4n) is 3.59. The van der Waals surface area contributed by atoms with E-state index in [1.165, 1.54) is 18.2 Å². The monoisotopic (exact) mass is 338 g/mol. The van der Waals surface area contributed by atoms with Crippen LogP contribution in [0, 0.1) is 0 Å². The predicted octanol–water partition coefficient (Wildman–Crippen LogP) is 3.46. The summed E-state index contributed by atoms with van der Waals surface area (Å²) in [7, 11) is 0. The minimum atomic E-state index is -4.29. The van der Waals surface area contributed by atoms with Gasteiger partial charge >= 0.3 is 6.18 Å². The first-order valence-electron chi connectivity index (χ1n) is 8.21. The molecule has 0 bridgehead atoms. The third-order valence-electron chi connectivity index (χ3n) is 5.11. The van der Waals surface area contributed by atoms with E-state index in [9.17, 15) is 18.0 Å². The maximum Gasteiger partial charge on any atom is 0.416 e. The van der Waals surface area contributed by atoms with Crippen LogP contribution < -0.4 is 5.32 Å². The summed E-state index contributed by atoms with van der Waals surface area (Å²) >= 11 is 0. The van der Waals surface area contributed by atoms with Crippen molar-refractivity contribution in [2.75, 3.05) is 13.1 Å². The molecule has 1 N–H and O–H groups in total. The fraction of sp³-hybridized carbons (Fsp3) is 0.500. The number of halogens is 3. The van der Waals surface area contributed by atoms with Crippen molar-refractivity contribution in [2.24, 2.45) is 0 Å². The van der Waals surface area contributed by atoms with Crippen molar-refractivity contribution < 1.29 is 18.0 Å². The predicted molar refractivity (Wildman–Crippen MR) is 85.3 cm³/mol. The number of nitrogens with one attached hydrogen (secondary N) is 1. The van der Waals surface area contributed by atoms with Crippen molar-refractivity contribution in [3.63, 3.8) is 0 Å². The van der Waals surface area contributed by atoms with Crippen LogP contribution in [0.1, 0.15) is 36.8 Å². The van der Waals surface area contributed by atoms with E-state index in [1.54, 1.807) is 12.1 Å².